The molecular weight excluding hydrogens is 324 g/mol. The van der Waals surface area contributed by atoms with Gasteiger partial charge in [0, 0.05) is 11.3 Å². The van der Waals surface area contributed by atoms with Crippen LogP contribution in [-0.2, 0) is 4.74 Å². The molecule has 6 heteroatoms. The second-order valence-corrected chi connectivity index (χ2v) is 5.39. The van der Waals surface area contributed by atoms with Gasteiger partial charge in [0.05, 0.1) is 17.9 Å². The van der Waals surface area contributed by atoms with E-state index in [0.29, 0.717) is 28.5 Å². The highest BCUT2D eigenvalue weighted by atomic mass is 32.1. The lowest BCUT2D eigenvalue weighted by Crippen LogP contribution is -2.21. The van der Waals surface area contributed by atoms with Crippen molar-refractivity contribution in [3.63, 3.8) is 0 Å². The number of carbonyl (C=O) groups excluding carboxylic acids is 2. The zero-order valence-corrected chi connectivity index (χ0v) is 14.3. The van der Waals surface area contributed by atoms with Gasteiger partial charge >= 0.3 is 5.97 Å². The Labute approximate surface area is 146 Å². The molecule has 0 aliphatic rings. The van der Waals surface area contributed by atoms with Crippen LogP contribution in [0.2, 0.25) is 0 Å². The monoisotopic (exact) mass is 342 g/mol. The fourth-order valence-electron chi connectivity index (χ4n) is 2.05. The topological polar surface area (TPSA) is 67.4 Å². The molecule has 0 aliphatic carbocycles. The number of hydrogen-bond donors (Lipinski definition) is 2. The number of rotatable bonds is 5. The number of carbonyl (C=O) groups is 2. The summed E-state index contributed by atoms with van der Waals surface area (Å²) in [6, 6.07) is 14.0. The SMILES string of the molecule is CCOC(=O)c1ccccc1NC(=S)Nc1ccc(C(C)=O)cc1. The van der Waals surface area contributed by atoms with Gasteiger partial charge in [0.1, 0.15) is 0 Å². The number of anilines is 2. The molecule has 0 fully saturated rings. The Hall–Kier alpha value is -2.73. The van der Waals surface area contributed by atoms with Crippen LogP contribution in [0.1, 0.15) is 34.6 Å². The predicted molar refractivity (Wildman–Crippen MR) is 98.7 cm³/mol. The Balaban J connectivity index is 2.07. The van der Waals surface area contributed by atoms with Gasteiger partial charge < -0.3 is 15.4 Å². The van der Waals surface area contributed by atoms with Gasteiger partial charge in [0.25, 0.3) is 0 Å². The van der Waals surface area contributed by atoms with Crippen molar-refractivity contribution in [2.45, 2.75) is 13.8 Å². The minimum absolute atomic E-state index is 0.00520. The molecule has 2 aromatic rings. The number of ether oxygens (including phenoxy) is 1. The molecule has 0 aromatic heterocycles. The number of hydrogen-bond acceptors (Lipinski definition) is 4. The minimum atomic E-state index is -0.408. The van der Waals surface area contributed by atoms with E-state index in [4.69, 9.17) is 17.0 Å². The smallest absolute Gasteiger partial charge is 0.340 e. The lowest BCUT2D eigenvalue weighted by atomic mass is 10.1. The number of esters is 1. The highest BCUT2D eigenvalue weighted by molar-refractivity contribution is 7.80. The number of para-hydroxylation sites is 1. The van der Waals surface area contributed by atoms with Crippen LogP contribution in [0.3, 0.4) is 0 Å². The number of benzene rings is 2. The number of nitrogens with one attached hydrogen (secondary N) is 2. The van der Waals surface area contributed by atoms with Crippen molar-refractivity contribution in [2.75, 3.05) is 17.2 Å². The molecule has 2 N–H and O–H groups in total. The summed E-state index contributed by atoms with van der Waals surface area (Å²) in [5, 5.41) is 6.34. The van der Waals surface area contributed by atoms with Crippen LogP contribution >= 0.6 is 12.2 Å². The zero-order valence-electron chi connectivity index (χ0n) is 13.5. The van der Waals surface area contributed by atoms with E-state index in [0.717, 1.165) is 5.69 Å². The Kier molecular flexibility index (Phi) is 6.03. The molecule has 0 spiro atoms. The van der Waals surface area contributed by atoms with E-state index in [-0.39, 0.29) is 5.78 Å². The largest absolute Gasteiger partial charge is 0.462 e. The summed E-state index contributed by atoms with van der Waals surface area (Å²) in [5.74, 6) is -0.403. The summed E-state index contributed by atoms with van der Waals surface area (Å²) in [5.41, 5.74) is 2.35. The summed E-state index contributed by atoms with van der Waals surface area (Å²) in [7, 11) is 0. The predicted octanol–water partition coefficient (Wildman–Crippen LogP) is 3.87. The maximum absolute atomic E-state index is 11.9. The average molecular weight is 342 g/mol. The van der Waals surface area contributed by atoms with Gasteiger partial charge in [-0.2, -0.15) is 0 Å². The molecule has 124 valence electrons. The molecule has 0 amide bonds. The van der Waals surface area contributed by atoms with Crippen LogP contribution in [0.4, 0.5) is 11.4 Å². The fraction of sp³-hybridized carbons (Fsp3) is 0.167. The summed E-state index contributed by atoms with van der Waals surface area (Å²) in [6.07, 6.45) is 0. The zero-order chi connectivity index (χ0) is 17.5. The highest BCUT2D eigenvalue weighted by Gasteiger charge is 2.12. The van der Waals surface area contributed by atoms with Crippen molar-refractivity contribution in [1.82, 2.24) is 0 Å². The molecule has 0 unspecified atom stereocenters. The van der Waals surface area contributed by atoms with E-state index in [9.17, 15) is 9.59 Å². The summed E-state index contributed by atoms with van der Waals surface area (Å²) in [6.45, 7) is 3.57. The third kappa shape index (κ3) is 4.63. The van der Waals surface area contributed by atoms with Crippen molar-refractivity contribution < 1.29 is 14.3 Å². The Bertz CT molecular complexity index is 757. The molecule has 2 rings (SSSR count). The van der Waals surface area contributed by atoms with Gasteiger partial charge in [-0.1, -0.05) is 12.1 Å². The summed E-state index contributed by atoms with van der Waals surface area (Å²) >= 11 is 5.27. The lowest BCUT2D eigenvalue weighted by Gasteiger charge is -2.13. The highest BCUT2D eigenvalue weighted by Crippen LogP contribution is 2.17. The quantitative estimate of drug-likeness (QED) is 0.488. The maximum Gasteiger partial charge on any atom is 0.340 e. The van der Waals surface area contributed by atoms with Crippen molar-refractivity contribution >= 4 is 40.5 Å². The average Bonchev–Trinajstić information content (AvgIpc) is 2.56. The molecular formula is C18H18N2O3S. The number of thiocarbonyl (C=S) groups is 1. The van der Waals surface area contributed by atoms with Gasteiger partial charge in [-0.05, 0) is 62.5 Å². The molecule has 5 nitrogen and oxygen atoms in total. The van der Waals surface area contributed by atoms with Crippen LogP contribution in [-0.4, -0.2) is 23.5 Å². The Morgan fingerprint density at radius 1 is 1.04 bits per heavy atom. The van der Waals surface area contributed by atoms with E-state index in [1.165, 1.54) is 6.92 Å². The van der Waals surface area contributed by atoms with Crippen LogP contribution in [0.25, 0.3) is 0 Å². The van der Waals surface area contributed by atoms with Gasteiger partial charge in [0.15, 0.2) is 10.9 Å². The second-order valence-electron chi connectivity index (χ2n) is 4.98. The van der Waals surface area contributed by atoms with Crippen LogP contribution in [0.5, 0.6) is 0 Å². The van der Waals surface area contributed by atoms with E-state index >= 15 is 0 Å². The first kappa shape index (κ1) is 17.6. The molecule has 24 heavy (non-hydrogen) atoms. The fourth-order valence-corrected chi connectivity index (χ4v) is 2.28. The first-order valence-corrected chi connectivity index (χ1v) is 7.87. The van der Waals surface area contributed by atoms with E-state index < -0.39 is 5.97 Å². The van der Waals surface area contributed by atoms with Crippen molar-refractivity contribution in [1.29, 1.82) is 0 Å². The third-order valence-corrected chi connectivity index (χ3v) is 3.42. The van der Waals surface area contributed by atoms with Gasteiger partial charge in [-0.3, -0.25) is 4.79 Å². The van der Waals surface area contributed by atoms with E-state index in [1.807, 2.05) is 0 Å². The number of Topliss-reactive ketones (excluding diaryl/α,β-unsaturated/α-hetero) is 1. The first-order valence-electron chi connectivity index (χ1n) is 7.46. The lowest BCUT2D eigenvalue weighted by molar-refractivity contribution is 0.0527. The molecule has 2 aromatic carbocycles. The second kappa shape index (κ2) is 8.21. The van der Waals surface area contributed by atoms with Crippen LogP contribution < -0.4 is 10.6 Å². The number of ketones is 1. The standard InChI is InChI=1S/C18H18N2O3S/c1-3-23-17(22)15-6-4-5-7-16(15)20-18(24)19-14-10-8-13(9-11-14)12(2)21/h4-11H,3H2,1-2H3,(H2,19,20,24). The van der Waals surface area contributed by atoms with Gasteiger partial charge in [-0.25, -0.2) is 4.79 Å². The Morgan fingerprint density at radius 3 is 2.33 bits per heavy atom. The van der Waals surface area contributed by atoms with Gasteiger partial charge in [0.2, 0.25) is 0 Å². The third-order valence-electron chi connectivity index (χ3n) is 3.22. The van der Waals surface area contributed by atoms with Crippen molar-refractivity contribution in [3.8, 4) is 0 Å². The van der Waals surface area contributed by atoms with Crippen molar-refractivity contribution in [2.24, 2.45) is 0 Å². The Morgan fingerprint density at radius 2 is 1.71 bits per heavy atom. The molecule has 0 saturated heterocycles. The summed E-state index contributed by atoms with van der Waals surface area (Å²) < 4.78 is 5.03. The van der Waals surface area contributed by atoms with Crippen LogP contribution in [0.15, 0.2) is 48.5 Å². The van der Waals surface area contributed by atoms with E-state index in [1.54, 1.807) is 55.5 Å². The molecule has 0 aliphatic heterocycles. The van der Waals surface area contributed by atoms with Gasteiger partial charge in [-0.15, -0.1) is 0 Å². The molecule has 0 heterocycles. The van der Waals surface area contributed by atoms with Crippen LogP contribution in [0, 0.1) is 0 Å². The molecule has 0 saturated carbocycles. The first-order chi connectivity index (χ1) is 11.5. The summed E-state index contributed by atoms with van der Waals surface area (Å²) in [4.78, 5) is 23.2. The molecule has 0 atom stereocenters. The maximum atomic E-state index is 11.9. The van der Waals surface area contributed by atoms with E-state index in [2.05, 4.69) is 10.6 Å². The molecule has 0 radical (unpaired) electrons. The normalized spacial score (nSPS) is 9.92. The molecule has 0 bridgehead atoms. The van der Waals surface area contributed by atoms with Crippen molar-refractivity contribution in [3.05, 3.63) is 59.7 Å². The minimum Gasteiger partial charge on any atom is -0.462 e.